The molecule has 11 aromatic rings. The highest BCUT2D eigenvalue weighted by Crippen LogP contribution is 2.40. The van der Waals surface area contributed by atoms with Crippen LogP contribution in [0, 0.1) is 6.92 Å². The summed E-state index contributed by atoms with van der Waals surface area (Å²) in [5.41, 5.74) is 13.8. The lowest BCUT2D eigenvalue weighted by Crippen LogP contribution is -2.04. The smallest absolute Gasteiger partial charge is 0.164 e. The number of rotatable bonds is 8. The minimum atomic E-state index is 0.554. The Bertz CT molecular complexity index is 3270. The van der Waals surface area contributed by atoms with E-state index in [-0.39, 0.29) is 0 Å². The van der Waals surface area contributed by atoms with Gasteiger partial charge in [-0.1, -0.05) is 175 Å². The maximum absolute atomic E-state index is 5.38. The number of hydrogen-bond acceptors (Lipinski definition) is 5. The average molecular weight is 795 g/mol. The molecule has 0 atom stereocenters. The number of aryl methyl sites for hydroxylation is 1. The largest absolute Gasteiger partial charge is 0.309 e. The quantitative estimate of drug-likeness (QED) is 0.153. The highest BCUT2D eigenvalue weighted by Gasteiger charge is 2.22. The predicted octanol–water partition coefficient (Wildman–Crippen LogP) is 13.7. The maximum atomic E-state index is 5.38. The van der Waals surface area contributed by atoms with E-state index in [2.05, 4.69) is 127 Å². The molecular formula is C56H38N6. The minimum absolute atomic E-state index is 0.554. The third kappa shape index (κ3) is 6.89. The van der Waals surface area contributed by atoms with Crippen LogP contribution in [0.4, 0.5) is 0 Å². The van der Waals surface area contributed by atoms with E-state index in [1.54, 1.807) is 0 Å². The molecule has 0 N–H and O–H groups in total. The number of aromatic nitrogens is 6. The number of benzene rings is 8. The third-order valence-electron chi connectivity index (χ3n) is 11.4. The molecule has 3 aromatic heterocycles. The van der Waals surface area contributed by atoms with Crippen molar-refractivity contribution in [3.8, 4) is 84.9 Å². The molecule has 0 saturated carbocycles. The SMILES string of the molecule is Cc1ccc(-c2ccc3c(c2)c2ccccc2n3-c2ccc(-c3nc(-c4ccccc4)nc(-c4ccccc4)n3)cc2-c2nc(-c3ccccc3)cc(-c3ccccc3)n2)cc1. The van der Waals surface area contributed by atoms with Gasteiger partial charge in [-0.2, -0.15) is 0 Å². The van der Waals surface area contributed by atoms with E-state index < -0.39 is 0 Å². The molecule has 3 heterocycles. The fourth-order valence-corrected chi connectivity index (χ4v) is 8.23. The van der Waals surface area contributed by atoms with Crippen molar-refractivity contribution in [1.82, 2.24) is 29.5 Å². The number of para-hydroxylation sites is 1. The van der Waals surface area contributed by atoms with E-state index in [9.17, 15) is 0 Å². The standard InChI is InChI=1S/C56H38N6/c1-37-26-28-38(29-27-37)43-30-32-51-46(34-43)45-24-14-15-25-50(45)62(51)52-33-31-44(55-60-53(41-20-10-4-11-21-41)59-54(61-55)42-22-12-5-13-23-42)35-47(52)56-57-48(39-16-6-2-7-17-39)36-49(58-56)40-18-8-3-9-19-40/h2-36H,1H3. The molecular weight excluding hydrogens is 757 g/mol. The first-order chi connectivity index (χ1) is 30.6. The molecule has 6 nitrogen and oxygen atoms in total. The lowest BCUT2D eigenvalue weighted by atomic mass is 10.0. The fraction of sp³-hybridized carbons (Fsp3) is 0.0179. The third-order valence-corrected chi connectivity index (χ3v) is 11.4. The Morgan fingerprint density at radius 3 is 1.35 bits per heavy atom. The van der Waals surface area contributed by atoms with Gasteiger partial charge in [-0.25, -0.2) is 24.9 Å². The molecule has 0 radical (unpaired) electrons. The molecule has 0 aliphatic rings. The summed E-state index contributed by atoms with van der Waals surface area (Å²) in [5.74, 6) is 2.34. The molecule has 6 heteroatoms. The summed E-state index contributed by atoms with van der Waals surface area (Å²) in [6.45, 7) is 2.12. The second kappa shape index (κ2) is 15.7. The van der Waals surface area contributed by atoms with Crippen LogP contribution in [-0.4, -0.2) is 29.5 Å². The van der Waals surface area contributed by atoms with Gasteiger partial charge in [0.05, 0.1) is 28.1 Å². The van der Waals surface area contributed by atoms with Gasteiger partial charge in [-0.3, -0.25) is 0 Å². The second-order valence-corrected chi connectivity index (χ2v) is 15.4. The van der Waals surface area contributed by atoms with Crippen LogP contribution in [0.15, 0.2) is 212 Å². The van der Waals surface area contributed by atoms with E-state index >= 15 is 0 Å². The average Bonchev–Trinajstić information content (AvgIpc) is 3.68. The second-order valence-electron chi connectivity index (χ2n) is 15.4. The van der Waals surface area contributed by atoms with E-state index in [0.717, 1.165) is 72.3 Å². The number of hydrogen-bond donors (Lipinski definition) is 0. The zero-order chi connectivity index (χ0) is 41.4. The fourth-order valence-electron chi connectivity index (χ4n) is 8.23. The zero-order valence-corrected chi connectivity index (χ0v) is 33.9. The molecule has 62 heavy (non-hydrogen) atoms. The molecule has 292 valence electrons. The molecule has 0 saturated heterocycles. The van der Waals surface area contributed by atoms with Crippen molar-refractivity contribution in [1.29, 1.82) is 0 Å². The van der Waals surface area contributed by atoms with Crippen LogP contribution in [0.2, 0.25) is 0 Å². The van der Waals surface area contributed by atoms with E-state index in [1.165, 1.54) is 16.7 Å². The molecule has 0 aliphatic carbocycles. The van der Waals surface area contributed by atoms with E-state index in [4.69, 9.17) is 24.9 Å². The maximum Gasteiger partial charge on any atom is 0.164 e. The van der Waals surface area contributed by atoms with Crippen molar-refractivity contribution in [2.45, 2.75) is 6.92 Å². The molecule has 11 rings (SSSR count). The summed E-state index contributed by atoms with van der Waals surface area (Å²) in [5, 5.41) is 2.32. The van der Waals surface area contributed by atoms with Crippen molar-refractivity contribution >= 4 is 21.8 Å². The molecule has 0 amide bonds. The molecule has 0 aliphatic heterocycles. The normalized spacial score (nSPS) is 11.3. The molecule has 8 aromatic carbocycles. The van der Waals surface area contributed by atoms with Crippen LogP contribution in [0.5, 0.6) is 0 Å². The van der Waals surface area contributed by atoms with Crippen molar-refractivity contribution in [3.05, 3.63) is 218 Å². The van der Waals surface area contributed by atoms with Gasteiger partial charge in [0, 0.05) is 44.2 Å². The highest BCUT2D eigenvalue weighted by atomic mass is 15.0. The van der Waals surface area contributed by atoms with Gasteiger partial charge in [0.2, 0.25) is 0 Å². The van der Waals surface area contributed by atoms with Gasteiger partial charge in [-0.15, -0.1) is 0 Å². The first-order valence-electron chi connectivity index (χ1n) is 20.8. The molecule has 0 spiro atoms. The molecule has 0 fully saturated rings. The van der Waals surface area contributed by atoms with Crippen LogP contribution in [0.25, 0.3) is 107 Å². The first kappa shape index (κ1) is 36.7. The van der Waals surface area contributed by atoms with Gasteiger partial charge >= 0.3 is 0 Å². The summed E-state index contributed by atoms with van der Waals surface area (Å²) >= 11 is 0. The Hall–Kier alpha value is -8.35. The van der Waals surface area contributed by atoms with Gasteiger partial charge in [0.1, 0.15) is 0 Å². The van der Waals surface area contributed by atoms with Crippen LogP contribution in [0.3, 0.4) is 0 Å². The van der Waals surface area contributed by atoms with Gasteiger partial charge < -0.3 is 4.57 Å². The Balaban J connectivity index is 1.19. The van der Waals surface area contributed by atoms with Crippen LogP contribution in [-0.2, 0) is 0 Å². The Kier molecular flexibility index (Phi) is 9.28. The van der Waals surface area contributed by atoms with Crippen molar-refractivity contribution < 1.29 is 0 Å². The summed E-state index contributed by atoms with van der Waals surface area (Å²) < 4.78 is 2.35. The Morgan fingerprint density at radius 1 is 0.306 bits per heavy atom. The first-order valence-corrected chi connectivity index (χ1v) is 20.8. The van der Waals surface area contributed by atoms with Gasteiger partial charge in [-0.05, 0) is 60.5 Å². The van der Waals surface area contributed by atoms with Crippen LogP contribution < -0.4 is 0 Å². The lowest BCUT2D eigenvalue weighted by Gasteiger charge is -2.17. The minimum Gasteiger partial charge on any atom is -0.309 e. The summed E-state index contributed by atoms with van der Waals surface area (Å²) in [7, 11) is 0. The lowest BCUT2D eigenvalue weighted by molar-refractivity contribution is 1.07. The summed E-state index contributed by atoms with van der Waals surface area (Å²) in [6, 6.07) is 73.4. The summed E-state index contributed by atoms with van der Waals surface area (Å²) in [4.78, 5) is 26.0. The van der Waals surface area contributed by atoms with Crippen LogP contribution in [0.1, 0.15) is 5.56 Å². The van der Waals surface area contributed by atoms with E-state index in [0.29, 0.717) is 23.3 Å². The Morgan fingerprint density at radius 2 is 0.774 bits per heavy atom. The Labute approximate surface area is 359 Å². The molecule has 0 unspecified atom stereocenters. The number of fused-ring (bicyclic) bond motifs is 3. The molecule has 0 bridgehead atoms. The summed E-state index contributed by atoms with van der Waals surface area (Å²) in [6.07, 6.45) is 0. The monoisotopic (exact) mass is 794 g/mol. The predicted molar refractivity (Wildman–Crippen MR) is 253 cm³/mol. The van der Waals surface area contributed by atoms with Crippen molar-refractivity contribution in [2.75, 3.05) is 0 Å². The van der Waals surface area contributed by atoms with E-state index in [1.807, 2.05) is 97.1 Å². The highest BCUT2D eigenvalue weighted by molar-refractivity contribution is 6.11. The van der Waals surface area contributed by atoms with Gasteiger partial charge in [0.15, 0.2) is 23.3 Å². The van der Waals surface area contributed by atoms with Crippen molar-refractivity contribution in [3.63, 3.8) is 0 Å². The number of nitrogens with zero attached hydrogens (tertiary/aromatic N) is 6. The van der Waals surface area contributed by atoms with Gasteiger partial charge in [0.25, 0.3) is 0 Å². The topological polar surface area (TPSA) is 69.4 Å². The van der Waals surface area contributed by atoms with Crippen molar-refractivity contribution in [2.24, 2.45) is 0 Å². The zero-order valence-electron chi connectivity index (χ0n) is 33.9. The van der Waals surface area contributed by atoms with Crippen LogP contribution >= 0.6 is 0 Å².